The number of carbonyl (C=O) groups is 1. The summed E-state index contributed by atoms with van der Waals surface area (Å²) >= 11 is 0. The number of hydrogen-bond donors (Lipinski definition) is 0. The molecule has 1 fully saturated rings. The fraction of sp³-hybridized carbons (Fsp3) is 0.588. The van der Waals surface area contributed by atoms with Crippen LogP contribution in [-0.4, -0.2) is 24.8 Å². The Kier molecular flexibility index (Phi) is 7.31. The van der Waals surface area contributed by atoms with E-state index in [0.717, 1.165) is 31.3 Å². The van der Waals surface area contributed by atoms with Crippen LogP contribution >= 0.6 is 0 Å². The highest BCUT2D eigenvalue weighted by Gasteiger charge is 2.27. The third-order valence-electron chi connectivity index (χ3n) is 3.52. The molecule has 3 atom stereocenters. The summed E-state index contributed by atoms with van der Waals surface area (Å²) in [6, 6.07) is 0. The number of esters is 1. The molecule has 1 heterocycles. The molecule has 0 bridgehead atoms. The van der Waals surface area contributed by atoms with Gasteiger partial charge in [0.15, 0.2) is 0 Å². The predicted octanol–water partition coefficient (Wildman–Crippen LogP) is 3.81. The van der Waals surface area contributed by atoms with Gasteiger partial charge in [0.25, 0.3) is 0 Å². The van der Waals surface area contributed by atoms with Crippen LogP contribution < -0.4 is 0 Å². The van der Waals surface area contributed by atoms with Gasteiger partial charge in [-0.2, -0.15) is 0 Å². The SMILES string of the molecule is C=CC[C@@H]1O[C@@H](CCCOC(=O)[C@@H](C)CC=C)CC1=C. The van der Waals surface area contributed by atoms with E-state index in [2.05, 4.69) is 19.7 Å². The van der Waals surface area contributed by atoms with Crippen molar-refractivity contribution >= 4 is 5.97 Å². The molecule has 1 aliphatic rings. The van der Waals surface area contributed by atoms with Crippen molar-refractivity contribution in [1.29, 1.82) is 0 Å². The lowest BCUT2D eigenvalue weighted by atomic mass is 10.0. The number of rotatable bonds is 9. The van der Waals surface area contributed by atoms with E-state index in [9.17, 15) is 4.79 Å². The summed E-state index contributed by atoms with van der Waals surface area (Å²) in [5.74, 6) is -0.252. The third kappa shape index (κ3) is 5.33. The Morgan fingerprint density at radius 2 is 2.25 bits per heavy atom. The van der Waals surface area contributed by atoms with Gasteiger partial charge < -0.3 is 9.47 Å². The van der Waals surface area contributed by atoms with Crippen LogP contribution in [0.15, 0.2) is 37.5 Å². The van der Waals surface area contributed by atoms with Gasteiger partial charge in [-0.05, 0) is 37.7 Å². The first-order valence-corrected chi connectivity index (χ1v) is 7.30. The maximum atomic E-state index is 11.6. The largest absolute Gasteiger partial charge is 0.465 e. The molecular formula is C17H26O3. The second kappa shape index (κ2) is 8.75. The molecule has 20 heavy (non-hydrogen) atoms. The molecule has 1 rings (SSSR count). The number of carbonyl (C=O) groups excluding carboxylic acids is 1. The Bertz CT molecular complexity index is 359. The summed E-state index contributed by atoms with van der Waals surface area (Å²) in [7, 11) is 0. The predicted molar refractivity (Wildman–Crippen MR) is 81.4 cm³/mol. The zero-order valence-corrected chi connectivity index (χ0v) is 12.5. The lowest BCUT2D eigenvalue weighted by molar-refractivity contribution is -0.148. The molecular weight excluding hydrogens is 252 g/mol. The van der Waals surface area contributed by atoms with E-state index in [4.69, 9.17) is 9.47 Å². The summed E-state index contributed by atoms with van der Waals surface area (Å²) in [6.07, 6.45) is 8.03. The molecule has 0 aromatic carbocycles. The summed E-state index contributed by atoms with van der Waals surface area (Å²) < 4.78 is 11.1. The van der Waals surface area contributed by atoms with Gasteiger partial charge in [0, 0.05) is 0 Å². The minimum absolute atomic E-state index is 0.105. The summed E-state index contributed by atoms with van der Waals surface area (Å²) in [4.78, 5) is 11.6. The van der Waals surface area contributed by atoms with Gasteiger partial charge in [0.1, 0.15) is 0 Å². The average molecular weight is 278 g/mol. The molecule has 0 aliphatic carbocycles. The Hall–Kier alpha value is -1.35. The van der Waals surface area contributed by atoms with E-state index in [1.807, 2.05) is 13.0 Å². The number of ether oxygens (including phenoxy) is 2. The third-order valence-corrected chi connectivity index (χ3v) is 3.52. The lowest BCUT2D eigenvalue weighted by Crippen LogP contribution is -2.16. The first-order chi connectivity index (χ1) is 9.58. The Morgan fingerprint density at radius 3 is 2.90 bits per heavy atom. The standard InChI is InChI=1S/C17H26O3/c1-5-8-13(3)17(18)19-11-7-10-15-12-14(4)16(20-15)9-6-2/h5-6,13,15-16H,1-2,4,7-12H2,3H3/t13-,15-,16-/m0/s1. The van der Waals surface area contributed by atoms with Crippen LogP contribution in [0.2, 0.25) is 0 Å². The molecule has 0 aromatic rings. The van der Waals surface area contributed by atoms with Crippen molar-refractivity contribution < 1.29 is 14.3 Å². The first kappa shape index (κ1) is 16.7. The van der Waals surface area contributed by atoms with Crippen molar-refractivity contribution in [2.75, 3.05) is 6.61 Å². The van der Waals surface area contributed by atoms with E-state index in [1.165, 1.54) is 0 Å². The van der Waals surface area contributed by atoms with Gasteiger partial charge in [-0.15, -0.1) is 13.2 Å². The highest BCUT2D eigenvalue weighted by molar-refractivity contribution is 5.72. The Morgan fingerprint density at radius 1 is 1.50 bits per heavy atom. The van der Waals surface area contributed by atoms with Crippen LogP contribution in [0.5, 0.6) is 0 Å². The van der Waals surface area contributed by atoms with Crippen LogP contribution in [0.1, 0.15) is 39.0 Å². The van der Waals surface area contributed by atoms with Crippen molar-refractivity contribution in [3.05, 3.63) is 37.5 Å². The van der Waals surface area contributed by atoms with E-state index in [-0.39, 0.29) is 24.1 Å². The Balaban J connectivity index is 2.16. The van der Waals surface area contributed by atoms with Gasteiger partial charge in [-0.1, -0.05) is 25.7 Å². The molecule has 1 aliphatic heterocycles. The van der Waals surface area contributed by atoms with Crippen LogP contribution in [0.3, 0.4) is 0 Å². The van der Waals surface area contributed by atoms with Crippen molar-refractivity contribution in [2.45, 2.75) is 51.2 Å². The van der Waals surface area contributed by atoms with E-state index >= 15 is 0 Å². The number of hydrogen-bond acceptors (Lipinski definition) is 3. The van der Waals surface area contributed by atoms with E-state index in [1.54, 1.807) is 6.08 Å². The maximum absolute atomic E-state index is 11.6. The van der Waals surface area contributed by atoms with Gasteiger partial charge in [-0.3, -0.25) is 4.79 Å². The van der Waals surface area contributed by atoms with Crippen molar-refractivity contribution in [3.63, 3.8) is 0 Å². The lowest BCUT2D eigenvalue weighted by Gasteiger charge is -2.13. The van der Waals surface area contributed by atoms with Gasteiger partial charge in [0.05, 0.1) is 24.7 Å². The molecule has 0 radical (unpaired) electrons. The fourth-order valence-corrected chi connectivity index (χ4v) is 2.32. The molecule has 0 amide bonds. The van der Waals surface area contributed by atoms with Crippen molar-refractivity contribution in [2.24, 2.45) is 5.92 Å². The normalized spacial score (nSPS) is 23.4. The van der Waals surface area contributed by atoms with Crippen LogP contribution in [0.4, 0.5) is 0 Å². The molecule has 0 saturated carbocycles. The first-order valence-electron chi connectivity index (χ1n) is 7.30. The van der Waals surface area contributed by atoms with Gasteiger partial charge in [-0.25, -0.2) is 0 Å². The molecule has 1 saturated heterocycles. The van der Waals surface area contributed by atoms with Crippen LogP contribution in [0.25, 0.3) is 0 Å². The van der Waals surface area contributed by atoms with Crippen molar-refractivity contribution in [1.82, 2.24) is 0 Å². The Labute approximate surface area is 122 Å². The zero-order chi connectivity index (χ0) is 15.0. The highest BCUT2D eigenvalue weighted by atomic mass is 16.5. The minimum Gasteiger partial charge on any atom is -0.465 e. The minimum atomic E-state index is -0.147. The zero-order valence-electron chi connectivity index (χ0n) is 12.5. The summed E-state index contributed by atoms with van der Waals surface area (Å²) in [5, 5.41) is 0. The second-order valence-corrected chi connectivity index (χ2v) is 5.37. The smallest absolute Gasteiger partial charge is 0.308 e. The van der Waals surface area contributed by atoms with Crippen LogP contribution in [-0.2, 0) is 14.3 Å². The molecule has 0 N–H and O–H groups in total. The summed E-state index contributed by atoms with van der Waals surface area (Å²) in [5.41, 5.74) is 1.14. The molecule has 0 spiro atoms. The fourth-order valence-electron chi connectivity index (χ4n) is 2.32. The number of allylic oxidation sites excluding steroid dienone is 1. The van der Waals surface area contributed by atoms with Gasteiger partial charge in [0.2, 0.25) is 0 Å². The quantitative estimate of drug-likeness (QED) is 0.365. The highest BCUT2D eigenvalue weighted by Crippen LogP contribution is 2.29. The molecule has 0 aromatic heterocycles. The van der Waals surface area contributed by atoms with E-state index < -0.39 is 0 Å². The van der Waals surface area contributed by atoms with Crippen LogP contribution in [0, 0.1) is 5.92 Å². The molecule has 0 unspecified atom stereocenters. The monoisotopic (exact) mass is 278 g/mol. The molecule has 112 valence electrons. The van der Waals surface area contributed by atoms with Gasteiger partial charge >= 0.3 is 5.97 Å². The van der Waals surface area contributed by atoms with Crippen molar-refractivity contribution in [3.8, 4) is 0 Å². The molecule has 3 heteroatoms. The van der Waals surface area contributed by atoms with E-state index in [0.29, 0.717) is 13.0 Å². The average Bonchev–Trinajstić information content (AvgIpc) is 2.76. The molecule has 3 nitrogen and oxygen atoms in total. The maximum Gasteiger partial charge on any atom is 0.308 e. The second-order valence-electron chi connectivity index (χ2n) is 5.37. The topological polar surface area (TPSA) is 35.5 Å². The summed E-state index contributed by atoms with van der Waals surface area (Å²) in [6.45, 7) is 13.7.